The van der Waals surface area contributed by atoms with Gasteiger partial charge in [-0.15, -0.1) is 0 Å². The molecule has 2 aromatic carbocycles. The van der Waals surface area contributed by atoms with E-state index in [1.165, 1.54) is 12.1 Å². The van der Waals surface area contributed by atoms with Crippen LogP contribution in [0.5, 0.6) is 5.75 Å². The van der Waals surface area contributed by atoms with Gasteiger partial charge in [0.25, 0.3) is 0 Å². The number of carbonyl (C=O) groups is 1. The van der Waals surface area contributed by atoms with Gasteiger partial charge in [0.15, 0.2) is 11.7 Å². The van der Waals surface area contributed by atoms with E-state index in [9.17, 15) is 9.18 Å². The fourth-order valence-corrected chi connectivity index (χ4v) is 3.21. The van der Waals surface area contributed by atoms with Gasteiger partial charge in [0.05, 0.1) is 19.3 Å². The highest BCUT2D eigenvalue weighted by molar-refractivity contribution is 5.76. The zero-order valence-corrected chi connectivity index (χ0v) is 17.4. The molecular weight excluding hydrogens is 385 g/mol. The molecule has 3 rings (SSSR count). The van der Waals surface area contributed by atoms with Crippen LogP contribution in [0.15, 0.2) is 59.1 Å². The SMILES string of the molecule is COc1ccccc1C(CNC(=O)CCc1ncc(-c2ccc(F)cc2)o1)N(C)C. The van der Waals surface area contributed by atoms with Gasteiger partial charge in [-0.3, -0.25) is 4.79 Å². The van der Waals surface area contributed by atoms with Gasteiger partial charge >= 0.3 is 0 Å². The second-order valence-electron chi connectivity index (χ2n) is 7.15. The number of para-hydroxylation sites is 1. The van der Waals surface area contributed by atoms with Crippen LogP contribution in [0, 0.1) is 5.82 Å². The first-order valence-corrected chi connectivity index (χ1v) is 9.74. The third kappa shape index (κ3) is 5.45. The summed E-state index contributed by atoms with van der Waals surface area (Å²) in [5.74, 6) is 1.42. The largest absolute Gasteiger partial charge is 0.496 e. The van der Waals surface area contributed by atoms with Crippen molar-refractivity contribution in [1.29, 1.82) is 0 Å². The predicted molar refractivity (Wildman–Crippen MR) is 113 cm³/mol. The lowest BCUT2D eigenvalue weighted by Crippen LogP contribution is -2.34. The number of aromatic nitrogens is 1. The number of amides is 1. The van der Waals surface area contributed by atoms with E-state index in [0.29, 0.717) is 24.6 Å². The molecule has 0 radical (unpaired) electrons. The summed E-state index contributed by atoms with van der Waals surface area (Å²) in [5.41, 5.74) is 1.76. The molecule has 30 heavy (non-hydrogen) atoms. The number of carbonyl (C=O) groups excluding carboxylic acids is 1. The number of halogens is 1. The Morgan fingerprint density at radius 2 is 1.93 bits per heavy atom. The van der Waals surface area contributed by atoms with Crippen LogP contribution < -0.4 is 10.1 Å². The molecule has 1 N–H and O–H groups in total. The zero-order valence-electron chi connectivity index (χ0n) is 17.4. The van der Waals surface area contributed by atoms with Crippen LogP contribution in [0.2, 0.25) is 0 Å². The lowest BCUT2D eigenvalue weighted by molar-refractivity contribution is -0.121. The van der Waals surface area contributed by atoms with Crippen molar-refractivity contribution in [1.82, 2.24) is 15.2 Å². The molecule has 0 saturated heterocycles. The molecule has 158 valence electrons. The quantitative estimate of drug-likeness (QED) is 0.579. The van der Waals surface area contributed by atoms with Crippen molar-refractivity contribution in [3.05, 3.63) is 72.0 Å². The number of nitrogens with zero attached hydrogens (tertiary/aromatic N) is 2. The molecular formula is C23H26FN3O3. The Balaban J connectivity index is 1.54. The first-order valence-electron chi connectivity index (χ1n) is 9.74. The molecule has 0 aliphatic rings. The normalized spacial score (nSPS) is 12.0. The molecule has 3 aromatic rings. The fraction of sp³-hybridized carbons (Fsp3) is 0.304. The molecule has 1 atom stereocenters. The summed E-state index contributed by atoms with van der Waals surface area (Å²) >= 11 is 0. The Morgan fingerprint density at radius 3 is 2.63 bits per heavy atom. The Morgan fingerprint density at radius 1 is 1.20 bits per heavy atom. The third-order valence-corrected chi connectivity index (χ3v) is 4.86. The zero-order chi connectivity index (χ0) is 21.5. The summed E-state index contributed by atoms with van der Waals surface area (Å²) in [5, 5.41) is 2.98. The van der Waals surface area contributed by atoms with E-state index < -0.39 is 0 Å². The number of ether oxygens (including phenoxy) is 1. The van der Waals surface area contributed by atoms with Gasteiger partial charge in [-0.25, -0.2) is 9.37 Å². The van der Waals surface area contributed by atoms with Crippen LogP contribution in [0.1, 0.15) is 23.9 Å². The molecule has 1 heterocycles. The first-order chi connectivity index (χ1) is 14.5. The average molecular weight is 411 g/mol. The maximum atomic E-state index is 13.0. The van der Waals surface area contributed by atoms with Crippen molar-refractivity contribution in [2.24, 2.45) is 0 Å². The maximum Gasteiger partial charge on any atom is 0.220 e. The van der Waals surface area contributed by atoms with Crippen LogP contribution in [-0.4, -0.2) is 43.5 Å². The van der Waals surface area contributed by atoms with Crippen LogP contribution in [0.3, 0.4) is 0 Å². The van der Waals surface area contributed by atoms with Crippen molar-refractivity contribution < 1.29 is 18.3 Å². The number of oxazole rings is 1. The van der Waals surface area contributed by atoms with Crippen LogP contribution in [0.4, 0.5) is 4.39 Å². The Kier molecular flexibility index (Phi) is 7.19. The number of likely N-dealkylation sites (N-methyl/N-ethyl adjacent to an activating group) is 1. The molecule has 0 spiro atoms. The van der Waals surface area contributed by atoms with Gasteiger partial charge in [0, 0.05) is 30.5 Å². The molecule has 1 aromatic heterocycles. The molecule has 0 aliphatic carbocycles. The highest BCUT2D eigenvalue weighted by Crippen LogP contribution is 2.27. The number of rotatable bonds is 9. The molecule has 7 heteroatoms. The van der Waals surface area contributed by atoms with Crippen molar-refractivity contribution >= 4 is 5.91 Å². The van der Waals surface area contributed by atoms with Crippen molar-refractivity contribution in [3.8, 4) is 17.1 Å². The van der Waals surface area contributed by atoms with E-state index in [-0.39, 0.29) is 24.2 Å². The second kappa shape index (κ2) is 10.0. The first kappa shape index (κ1) is 21.5. The summed E-state index contributed by atoms with van der Waals surface area (Å²) in [4.78, 5) is 18.6. The molecule has 1 amide bonds. The summed E-state index contributed by atoms with van der Waals surface area (Å²) < 4.78 is 24.2. The summed E-state index contributed by atoms with van der Waals surface area (Å²) in [7, 11) is 5.57. The summed E-state index contributed by atoms with van der Waals surface area (Å²) in [6.07, 6.45) is 2.23. The third-order valence-electron chi connectivity index (χ3n) is 4.86. The minimum atomic E-state index is -0.306. The number of hydrogen-bond acceptors (Lipinski definition) is 5. The minimum Gasteiger partial charge on any atom is -0.496 e. The highest BCUT2D eigenvalue weighted by Gasteiger charge is 2.19. The molecule has 0 saturated carbocycles. The summed E-state index contributed by atoms with van der Waals surface area (Å²) in [6.45, 7) is 0.457. The van der Waals surface area contributed by atoms with E-state index in [2.05, 4.69) is 10.3 Å². The highest BCUT2D eigenvalue weighted by atomic mass is 19.1. The molecule has 0 bridgehead atoms. The fourth-order valence-electron chi connectivity index (χ4n) is 3.21. The Bertz CT molecular complexity index is 970. The van der Waals surface area contributed by atoms with E-state index >= 15 is 0 Å². The average Bonchev–Trinajstić information content (AvgIpc) is 3.22. The monoisotopic (exact) mass is 411 g/mol. The molecule has 1 unspecified atom stereocenters. The van der Waals surface area contributed by atoms with Gasteiger partial charge in [-0.1, -0.05) is 18.2 Å². The number of nitrogens with one attached hydrogen (secondary N) is 1. The van der Waals surface area contributed by atoms with Gasteiger partial charge in [0.1, 0.15) is 11.6 Å². The van der Waals surface area contributed by atoms with Crippen molar-refractivity contribution in [2.75, 3.05) is 27.7 Å². The molecule has 6 nitrogen and oxygen atoms in total. The lowest BCUT2D eigenvalue weighted by Gasteiger charge is -2.26. The Labute approximate surface area is 175 Å². The van der Waals surface area contributed by atoms with Gasteiger partial charge in [-0.2, -0.15) is 0 Å². The Hall–Kier alpha value is -3.19. The van der Waals surface area contributed by atoms with Crippen molar-refractivity contribution in [3.63, 3.8) is 0 Å². The maximum absolute atomic E-state index is 13.0. The van der Waals surface area contributed by atoms with Crippen LogP contribution >= 0.6 is 0 Å². The van der Waals surface area contributed by atoms with E-state index in [1.54, 1.807) is 25.4 Å². The topological polar surface area (TPSA) is 67.6 Å². The smallest absolute Gasteiger partial charge is 0.220 e. The number of methoxy groups -OCH3 is 1. The minimum absolute atomic E-state index is 0.0167. The van der Waals surface area contributed by atoms with E-state index in [4.69, 9.17) is 9.15 Å². The van der Waals surface area contributed by atoms with Gasteiger partial charge < -0.3 is 19.4 Å². The molecule has 0 aliphatic heterocycles. The summed E-state index contributed by atoms with van der Waals surface area (Å²) in [6, 6.07) is 13.8. The second-order valence-corrected chi connectivity index (χ2v) is 7.15. The van der Waals surface area contributed by atoms with E-state index in [0.717, 1.165) is 16.9 Å². The predicted octanol–water partition coefficient (Wildman–Crippen LogP) is 3.84. The number of aryl methyl sites for hydroxylation is 1. The van der Waals surface area contributed by atoms with Gasteiger partial charge in [-0.05, 0) is 44.4 Å². The number of hydrogen-bond donors (Lipinski definition) is 1. The standard InChI is InChI=1S/C23H26FN3O3/c1-27(2)19(18-6-4-5-7-20(18)29-3)14-25-22(28)12-13-23-26-15-21(30-23)16-8-10-17(24)11-9-16/h4-11,15,19H,12-14H2,1-3H3,(H,25,28). The molecule has 0 fully saturated rings. The van der Waals surface area contributed by atoms with Gasteiger partial charge in [0.2, 0.25) is 5.91 Å². The lowest BCUT2D eigenvalue weighted by atomic mass is 10.0. The van der Waals surface area contributed by atoms with E-state index in [1.807, 2.05) is 43.3 Å². The van der Waals surface area contributed by atoms with Crippen LogP contribution in [0.25, 0.3) is 11.3 Å². The van der Waals surface area contributed by atoms with Crippen molar-refractivity contribution in [2.45, 2.75) is 18.9 Å². The number of benzene rings is 2. The van der Waals surface area contributed by atoms with Crippen LogP contribution in [-0.2, 0) is 11.2 Å².